The van der Waals surface area contributed by atoms with Gasteiger partial charge in [0, 0.05) is 0 Å². The molecule has 1 aromatic rings. The predicted molar refractivity (Wildman–Crippen MR) is 72.6 cm³/mol. The largest absolute Gasteiger partial charge is 0.0776 e. The molecule has 0 radical (unpaired) electrons. The third kappa shape index (κ3) is 5.61. The van der Waals surface area contributed by atoms with Crippen molar-refractivity contribution in [2.24, 2.45) is 0 Å². The van der Waals surface area contributed by atoms with Crippen LogP contribution in [-0.4, -0.2) is 0 Å². The molecule has 0 heterocycles. The van der Waals surface area contributed by atoms with E-state index in [1.54, 1.807) is 0 Å². The summed E-state index contributed by atoms with van der Waals surface area (Å²) < 4.78 is 0. The van der Waals surface area contributed by atoms with Crippen LogP contribution in [0.15, 0.2) is 18.2 Å². The van der Waals surface area contributed by atoms with Gasteiger partial charge >= 0.3 is 0 Å². The zero-order valence-corrected chi connectivity index (χ0v) is 10.4. The minimum Gasteiger partial charge on any atom is -0.0776 e. The molecule has 0 bridgehead atoms. The lowest BCUT2D eigenvalue weighted by Crippen LogP contribution is -1.91. The van der Waals surface area contributed by atoms with Crippen LogP contribution in [0.1, 0.15) is 57.7 Å². The van der Waals surface area contributed by atoms with Crippen LogP contribution in [0, 0.1) is 13.8 Å². The average molecular weight is 208 g/mol. The molecule has 1 rings (SSSR count). The monoisotopic (exact) mass is 208 g/mol. The maximum absolute atomic E-state index is 2.25. The van der Waals surface area contributed by atoms with Crippen molar-refractivity contribution in [2.45, 2.75) is 61.3 Å². The Morgan fingerprint density at radius 2 is 1.67 bits per heavy atom. The summed E-state index contributed by atoms with van der Waals surface area (Å²) in [5, 5.41) is 0. The van der Waals surface area contributed by atoms with Gasteiger partial charge < -0.3 is 0 Å². The molecule has 0 unspecified atom stereocenters. The molecule has 0 fully saturated rings. The molecule has 15 heavy (non-hydrogen) atoms. The van der Waals surface area contributed by atoms with Gasteiger partial charge in [0.25, 0.3) is 0 Å². The normalized spacial score (nSPS) is 8.60. The summed E-state index contributed by atoms with van der Waals surface area (Å²) in [6.45, 7) is 10.6. The minimum atomic E-state index is 0. The van der Waals surface area contributed by atoms with E-state index in [2.05, 4.69) is 39.0 Å². The van der Waals surface area contributed by atoms with E-state index in [9.17, 15) is 0 Å². The minimum absolute atomic E-state index is 0. The fourth-order valence-corrected chi connectivity index (χ4v) is 1.45. The van der Waals surface area contributed by atoms with Crippen molar-refractivity contribution in [1.82, 2.24) is 0 Å². The molecule has 0 aliphatic rings. The SMILES string of the molecule is C.CC.CCCCc1cccc(C)c1C. The van der Waals surface area contributed by atoms with Crippen LogP contribution >= 0.6 is 0 Å². The number of benzene rings is 1. The maximum atomic E-state index is 2.25. The second kappa shape index (κ2) is 9.76. The highest BCUT2D eigenvalue weighted by Gasteiger charge is 1.98. The van der Waals surface area contributed by atoms with E-state index >= 15 is 0 Å². The number of hydrogen-bond acceptors (Lipinski definition) is 0. The predicted octanol–water partition coefficient (Wildman–Crippen LogP) is 5.31. The molecule has 0 aliphatic carbocycles. The molecule has 1 aromatic carbocycles. The lowest BCUT2D eigenvalue weighted by atomic mass is 9.99. The van der Waals surface area contributed by atoms with Gasteiger partial charge in [-0.25, -0.2) is 0 Å². The Balaban J connectivity index is 0. The van der Waals surface area contributed by atoms with Crippen molar-refractivity contribution in [1.29, 1.82) is 0 Å². The van der Waals surface area contributed by atoms with Gasteiger partial charge in [-0.15, -0.1) is 0 Å². The zero-order chi connectivity index (χ0) is 11.0. The molecule has 0 atom stereocenters. The standard InChI is InChI=1S/C12H18.C2H6.CH4/c1-4-5-8-12-9-6-7-10(2)11(12)3;1-2;/h6-7,9H,4-5,8H2,1-3H3;1-2H3;1H4. The van der Waals surface area contributed by atoms with Crippen molar-refractivity contribution < 1.29 is 0 Å². The molecule has 0 saturated carbocycles. The molecule has 0 heteroatoms. The molecular weight excluding hydrogens is 180 g/mol. The van der Waals surface area contributed by atoms with Gasteiger partial charge in [-0.1, -0.05) is 52.8 Å². The van der Waals surface area contributed by atoms with E-state index in [1.807, 2.05) is 13.8 Å². The number of unbranched alkanes of at least 4 members (excludes halogenated alkanes) is 1. The van der Waals surface area contributed by atoms with E-state index in [4.69, 9.17) is 0 Å². The lowest BCUT2D eigenvalue weighted by molar-refractivity contribution is 0.790. The fourth-order valence-electron chi connectivity index (χ4n) is 1.45. The molecule has 0 saturated heterocycles. The van der Waals surface area contributed by atoms with Crippen molar-refractivity contribution in [2.75, 3.05) is 0 Å². The summed E-state index contributed by atoms with van der Waals surface area (Å²) in [7, 11) is 0. The first-order valence-corrected chi connectivity index (χ1v) is 5.80. The van der Waals surface area contributed by atoms with Crippen LogP contribution in [0.2, 0.25) is 0 Å². The molecular formula is C15H28. The van der Waals surface area contributed by atoms with Gasteiger partial charge in [0.15, 0.2) is 0 Å². The summed E-state index contributed by atoms with van der Waals surface area (Å²) in [6.07, 6.45) is 3.84. The summed E-state index contributed by atoms with van der Waals surface area (Å²) in [5.74, 6) is 0. The third-order valence-corrected chi connectivity index (χ3v) is 2.52. The molecule has 0 aliphatic heterocycles. The van der Waals surface area contributed by atoms with E-state index in [0.717, 1.165) is 0 Å². The van der Waals surface area contributed by atoms with Crippen molar-refractivity contribution >= 4 is 0 Å². The molecule has 0 amide bonds. The average Bonchev–Trinajstić information content (AvgIpc) is 2.23. The first-order valence-electron chi connectivity index (χ1n) is 5.80. The van der Waals surface area contributed by atoms with Crippen LogP contribution in [-0.2, 0) is 6.42 Å². The summed E-state index contributed by atoms with van der Waals surface area (Å²) in [5.41, 5.74) is 4.42. The highest BCUT2D eigenvalue weighted by atomic mass is 14.0. The summed E-state index contributed by atoms with van der Waals surface area (Å²) >= 11 is 0. The molecule has 88 valence electrons. The topological polar surface area (TPSA) is 0 Å². The second-order valence-electron chi connectivity index (χ2n) is 3.46. The Hall–Kier alpha value is -0.780. The van der Waals surface area contributed by atoms with Crippen LogP contribution in [0.3, 0.4) is 0 Å². The Bertz CT molecular complexity index is 248. The number of aryl methyl sites for hydroxylation is 2. The van der Waals surface area contributed by atoms with Gasteiger partial charge in [0.05, 0.1) is 0 Å². The van der Waals surface area contributed by atoms with Crippen LogP contribution < -0.4 is 0 Å². The maximum Gasteiger partial charge on any atom is -0.0276 e. The molecule has 0 N–H and O–H groups in total. The molecule has 0 aromatic heterocycles. The van der Waals surface area contributed by atoms with Gasteiger partial charge in [0.1, 0.15) is 0 Å². The summed E-state index contributed by atoms with van der Waals surface area (Å²) in [4.78, 5) is 0. The van der Waals surface area contributed by atoms with E-state index < -0.39 is 0 Å². The Morgan fingerprint density at radius 3 is 2.20 bits per heavy atom. The van der Waals surface area contributed by atoms with Gasteiger partial charge in [-0.3, -0.25) is 0 Å². The van der Waals surface area contributed by atoms with Crippen molar-refractivity contribution in [3.8, 4) is 0 Å². The van der Waals surface area contributed by atoms with Gasteiger partial charge in [-0.2, -0.15) is 0 Å². The second-order valence-corrected chi connectivity index (χ2v) is 3.46. The van der Waals surface area contributed by atoms with Crippen LogP contribution in [0.25, 0.3) is 0 Å². The number of hydrogen-bond donors (Lipinski definition) is 0. The van der Waals surface area contributed by atoms with Gasteiger partial charge in [-0.05, 0) is 43.4 Å². The highest BCUT2D eigenvalue weighted by molar-refractivity contribution is 5.33. The van der Waals surface area contributed by atoms with E-state index in [1.165, 1.54) is 36.0 Å². The van der Waals surface area contributed by atoms with Crippen molar-refractivity contribution in [3.63, 3.8) is 0 Å². The quantitative estimate of drug-likeness (QED) is 0.631. The van der Waals surface area contributed by atoms with E-state index in [-0.39, 0.29) is 7.43 Å². The fraction of sp³-hybridized carbons (Fsp3) is 0.600. The zero-order valence-electron chi connectivity index (χ0n) is 10.4. The molecule has 0 spiro atoms. The summed E-state index contributed by atoms with van der Waals surface area (Å²) in [6, 6.07) is 6.59. The Labute approximate surface area is 96.7 Å². The van der Waals surface area contributed by atoms with Gasteiger partial charge in [0.2, 0.25) is 0 Å². The third-order valence-electron chi connectivity index (χ3n) is 2.52. The van der Waals surface area contributed by atoms with Crippen LogP contribution in [0.5, 0.6) is 0 Å². The first-order chi connectivity index (χ1) is 6.75. The van der Waals surface area contributed by atoms with E-state index in [0.29, 0.717) is 0 Å². The van der Waals surface area contributed by atoms with Crippen LogP contribution in [0.4, 0.5) is 0 Å². The molecule has 0 nitrogen and oxygen atoms in total. The highest BCUT2D eigenvalue weighted by Crippen LogP contribution is 2.14. The van der Waals surface area contributed by atoms with Crippen molar-refractivity contribution in [3.05, 3.63) is 34.9 Å². The number of rotatable bonds is 3. The Kier molecular flexibility index (Phi) is 10.8. The lowest BCUT2D eigenvalue weighted by Gasteiger charge is -2.06. The smallest absolute Gasteiger partial charge is 0.0276 e. The first kappa shape index (κ1) is 16.6. The Morgan fingerprint density at radius 1 is 1.07 bits per heavy atom.